The third-order valence-electron chi connectivity index (χ3n) is 5.97. The first-order valence-electron chi connectivity index (χ1n) is 11.5. The van der Waals surface area contributed by atoms with Gasteiger partial charge in [-0.15, -0.1) is 24.0 Å². The molecule has 4 rings (SSSR count). The number of rotatable bonds is 7. The highest BCUT2D eigenvalue weighted by atomic mass is 127. The van der Waals surface area contributed by atoms with E-state index in [0.29, 0.717) is 19.0 Å². The van der Waals surface area contributed by atoms with Crippen molar-refractivity contribution in [2.75, 3.05) is 46.2 Å². The number of piperidine rings is 1. The van der Waals surface area contributed by atoms with Crippen molar-refractivity contribution in [3.8, 4) is 11.5 Å². The average Bonchev–Trinajstić information content (AvgIpc) is 3.26. The molecule has 1 aromatic carbocycles. The number of hydrogen-bond acceptors (Lipinski definition) is 5. The molecule has 3 aliphatic rings. The lowest BCUT2D eigenvalue weighted by Gasteiger charge is -2.35. The number of guanidine groups is 1. The van der Waals surface area contributed by atoms with Gasteiger partial charge in [-0.1, -0.05) is 6.07 Å². The molecular formula is C23H36IN3O4. The number of aliphatic imine (C=N–C) groups is 1. The second-order valence-corrected chi connectivity index (χ2v) is 8.18. The van der Waals surface area contributed by atoms with Crippen molar-refractivity contribution >= 4 is 29.9 Å². The maximum atomic E-state index is 6.15. The van der Waals surface area contributed by atoms with E-state index in [0.717, 1.165) is 82.5 Å². The van der Waals surface area contributed by atoms with Gasteiger partial charge in [-0.05, 0) is 63.1 Å². The number of hydrogen-bond donors (Lipinski definition) is 1. The van der Waals surface area contributed by atoms with Crippen LogP contribution in [0, 0.1) is 0 Å². The fraction of sp³-hybridized carbons (Fsp3) is 0.696. The molecule has 2 fully saturated rings. The summed E-state index contributed by atoms with van der Waals surface area (Å²) in [6.07, 6.45) is 7.19. The van der Waals surface area contributed by atoms with Crippen LogP contribution in [0.4, 0.5) is 0 Å². The quantitative estimate of drug-likeness (QED) is 0.321. The van der Waals surface area contributed by atoms with Gasteiger partial charge < -0.3 is 29.2 Å². The van der Waals surface area contributed by atoms with Gasteiger partial charge in [-0.2, -0.15) is 0 Å². The minimum Gasteiger partial charge on any atom is -0.454 e. The fourth-order valence-electron chi connectivity index (χ4n) is 4.23. The Balaban J connectivity index is 0.00000272. The van der Waals surface area contributed by atoms with E-state index in [2.05, 4.69) is 29.3 Å². The Morgan fingerprint density at radius 1 is 1.16 bits per heavy atom. The van der Waals surface area contributed by atoms with E-state index < -0.39 is 0 Å². The van der Waals surface area contributed by atoms with Gasteiger partial charge in [0.25, 0.3) is 0 Å². The maximum Gasteiger partial charge on any atom is 0.231 e. The molecule has 0 radical (unpaired) electrons. The number of likely N-dealkylation sites (tertiary alicyclic amines) is 1. The summed E-state index contributed by atoms with van der Waals surface area (Å²) in [6.45, 7) is 7.64. The zero-order valence-electron chi connectivity index (χ0n) is 18.5. The predicted molar refractivity (Wildman–Crippen MR) is 132 cm³/mol. The van der Waals surface area contributed by atoms with Crippen LogP contribution in [-0.2, 0) is 15.9 Å². The molecule has 0 aromatic heterocycles. The van der Waals surface area contributed by atoms with E-state index in [4.69, 9.17) is 23.9 Å². The highest BCUT2D eigenvalue weighted by Gasteiger charge is 2.23. The summed E-state index contributed by atoms with van der Waals surface area (Å²) >= 11 is 0. The maximum absolute atomic E-state index is 6.15. The van der Waals surface area contributed by atoms with E-state index in [-0.39, 0.29) is 24.0 Å². The molecule has 0 amide bonds. The topological polar surface area (TPSA) is 64.6 Å². The van der Waals surface area contributed by atoms with Crippen LogP contribution >= 0.6 is 24.0 Å². The molecule has 3 aliphatic heterocycles. The Kier molecular flexibility index (Phi) is 9.98. The smallest absolute Gasteiger partial charge is 0.231 e. The SMILES string of the molecule is CCNC(=NCCc1ccc2c(c1)OCO2)N1CCC(OCC2CCCCO2)CC1.I. The molecular weight excluding hydrogens is 509 g/mol. The molecule has 31 heavy (non-hydrogen) atoms. The van der Waals surface area contributed by atoms with Gasteiger partial charge in [0, 0.05) is 32.8 Å². The molecule has 1 aromatic rings. The Hall–Kier alpha value is -1.26. The molecule has 174 valence electrons. The van der Waals surface area contributed by atoms with E-state index in [1.54, 1.807) is 0 Å². The molecule has 3 heterocycles. The Bertz CT molecular complexity index is 704. The van der Waals surface area contributed by atoms with Gasteiger partial charge in [-0.25, -0.2) is 0 Å². The lowest BCUT2D eigenvalue weighted by Crippen LogP contribution is -2.47. The zero-order valence-corrected chi connectivity index (χ0v) is 20.8. The van der Waals surface area contributed by atoms with Crippen LogP contribution in [0.2, 0.25) is 0 Å². The summed E-state index contributed by atoms with van der Waals surface area (Å²) in [7, 11) is 0. The molecule has 0 aliphatic carbocycles. The van der Waals surface area contributed by atoms with Crippen LogP contribution in [0.3, 0.4) is 0 Å². The average molecular weight is 545 g/mol. The summed E-state index contributed by atoms with van der Waals surface area (Å²) in [6, 6.07) is 6.13. The number of nitrogens with one attached hydrogen (secondary N) is 1. The van der Waals surface area contributed by atoms with Gasteiger partial charge in [0.05, 0.1) is 18.8 Å². The fourth-order valence-corrected chi connectivity index (χ4v) is 4.23. The second-order valence-electron chi connectivity index (χ2n) is 8.18. The number of halogens is 1. The standard InChI is InChI=1S/C23H35N3O4.HI/c1-2-24-23(25-11-8-18-6-7-21-22(15-18)30-17-29-21)26-12-9-19(10-13-26)28-16-20-5-3-4-14-27-20;/h6-7,15,19-20H,2-5,8-14,16-17H2,1H3,(H,24,25);1H. The number of ether oxygens (including phenoxy) is 4. The Morgan fingerprint density at radius 2 is 2.00 bits per heavy atom. The van der Waals surface area contributed by atoms with Gasteiger partial charge in [0.1, 0.15) is 0 Å². The van der Waals surface area contributed by atoms with Crippen LogP contribution in [0.5, 0.6) is 11.5 Å². The summed E-state index contributed by atoms with van der Waals surface area (Å²) in [5.74, 6) is 2.67. The lowest BCUT2D eigenvalue weighted by molar-refractivity contribution is -0.0721. The first-order valence-corrected chi connectivity index (χ1v) is 11.5. The van der Waals surface area contributed by atoms with Crippen molar-refractivity contribution in [1.29, 1.82) is 0 Å². The van der Waals surface area contributed by atoms with Gasteiger partial charge in [0.2, 0.25) is 6.79 Å². The van der Waals surface area contributed by atoms with Gasteiger partial charge in [-0.3, -0.25) is 4.99 Å². The molecule has 8 heteroatoms. The molecule has 0 spiro atoms. The lowest BCUT2D eigenvalue weighted by atomic mass is 10.1. The summed E-state index contributed by atoms with van der Waals surface area (Å²) < 4.78 is 22.8. The summed E-state index contributed by atoms with van der Waals surface area (Å²) in [5.41, 5.74) is 1.22. The number of fused-ring (bicyclic) bond motifs is 1. The van der Waals surface area contributed by atoms with Crippen molar-refractivity contribution in [3.05, 3.63) is 23.8 Å². The number of benzene rings is 1. The highest BCUT2D eigenvalue weighted by Crippen LogP contribution is 2.32. The van der Waals surface area contributed by atoms with E-state index in [1.807, 2.05) is 6.07 Å². The second kappa shape index (κ2) is 12.7. The first kappa shape index (κ1) is 24.4. The monoisotopic (exact) mass is 545 g/mol. The largest absolute Gasteiger partial charge is 0.454 e. The van der Waals surface area contributed by atoms with E-state index >= 15 is 0 Å². The van der Waals surface area contributed by atoms with Crippen LogP contribution in [0.1, 0.15) is 44.6 Å². The number of nitrogens with zero attached hydrogens (tertiary/aromatic N) is 2. The normalized spacial score (nSPS) is 21.6. The van der Waals surface area contributed by atoms with Crippen LogP contribution in [-0.4, -0.2) is 69.3 Å². The molecule has 1 atom stereocenters. The van der Waals surface area contributed by atoms with Gasteiger partial charge in [0.15, 0.2) is 17.5 Å². The molecule has 1 unspecified atom stereocenters. The third-order valence-corrected chi connectivity index (χ3v) is 5.97. The van der Waals surface area contributed by atoms with Crippen LogP contribution in [0.25, 0.3) is 0 Å². The van der Waals surface area contributed by atoms with Crippen molar-refractivity contribution in [2.24, 2.45) is 4.99 Å². The van der Waals surface area contributed by atoms with E-state index in [9.17, 15) is 0 Å². The van der Waals surface area contributed by atoms with Crippen molar-refractivity contribution in [1.82, 2.24) is 10.2 Å². The molecule has 1 N–H and O–H groups in total. The molecule has 2 saturated heterocycles. The molecule has 0 bridgehead atoms. The zero-order chi connectivity index (χ0) is 20.6. The van der Waals surface area contributed by atoms with Crippen molar-refractivity contribution < 1.29 is 18.9 Å². The minimum absolute atomic E-state index is 0. The van der Waals surface area contributed by atoms with Crippen LogP contribution in [0.15, 0.2) is 23.2 Å². The third kappa shape index (κ3) is 7.12. The van der Waals surface area contributed by atoms with Gasteiger partial charge >= 0.3 is 0 Å². The predicted octanol–water partition coefficient (Wildman–Crippen LogP) is 3.59. The highest BCUT2D eigenvalue weighted by molar-refractivity contribution is 14.0. The van der Waals surface area contributed by atoms with E-state index in [1.165, 1.54) is 18.4 Å². The van der Waals surface area contributed by atoms with Crippen molar-refractivity contribution in [3.63, 3.8) is 0 Å². The minimum atomic E-state index is 0. The summed E-state index contributed by atoms with van der Waals surface area (Å²) in [4.78, 5) is 7.23. The van der Waals surface area contributed by atoms with Crippen molar-refractivity contribution in [2.45, 2.75) is 57.7 Å². The molecule has 0 saturated carbocycles. The van der Waals surface area contributed by atoms with Crippen LogP contribution < -0.4 is 14.8 Å². The first-order chi connectivity index (χ1) is 14.8. The molecule has 7 nitrogen and oxygen atoms in total. The summed E-state index contributed by atoms with van der Waals surface area (Å²) in [5, 5.41) is 3.45. The Labute approximate surface area is 202 Å². The Morgan fingerprint density at radius 3 is 2.77 bits per heavy atom.